The molecule has 1 rings (SSSR count). The van der Waals surface area contributed by atoms with Crippen LogP contribution in [0.4, 0.5) is 0 Å². The van der Waals surface area contributed by atoms with Gasteiger partial charge in [-0.15, -0.1) is 0 Å². The maximum absolute atomic E-state index is 11.0. The average Bonchev–Trinajstić information content (AvgIpc) is 2.65. The Balaban J connectivity index is 0.000000921. The van der Waals surface area contributed by atoms with Crippen LogP contribution in [0.3, 0.4) is 0 Å². The van der Waals surface area contributed by atoms with Crippen molar-refractivity contribution in [3.63, 3.8) is 0 Å². The minimum Gasteiger partial charge on any atom is -0.302 e. The van der Waals surface area contributed by atoms with Gasteiger partial charge in [-0.2, -0.15) is 8.42 Å². The predicted octanol–water partition coefficient (Wildman–Crippen LogP) is 1.33. The van der Waals surface area contributed by atoms with Gasteiger partial charge in [-0.1, -0.05) is 20.8 Å². The van der Waals surface area contributed by atoms with E-state index in [0.29, 0.717) is 12.5 Å². The molecule has 0 aliphatic carbocycles. The maximum Gasteiger partial charge on any atom is 0.268 e. The lowest BCUT2D eigenvalue weighted by atomic mass is 10.2. The summed E-state index contributed by atoms with van der Waals surface area (Å²) in [5.74, 6) is 0.807. The van der Waals surface area contributed by atoms with E-state index in [1.165, 1.54) is 13.5 Å². The van der Waals surface area contributed by atoms with Gasteiger partial charge in [-0.05, 0) is 18.9 Å². The van der Waals surface area contributed by atoms with Crippen molar-refractivity contribution in [2.45, 2.75) is 27.2 Å². The van der Waals surface area contributed by atoms with Crippen LogP contribution in [0.5, 0.6) is 0 Å². The van der Waals surface area contributed by atoms with E-state index in [9.17, 15) is 8.42 Å². The fourth-order valence-corrected chi connectivity index (χ4v) is 2.20. The van der Waals surface area contributed by atoms with Gasteiger partial charge in [-0.25, -0.2) is 0 Å². The molecule has 1 atom stereocenters. The van der Waals surface area contributed by atoms with E-state index >= 15 is 0 Å². The first kappa shape index (κ1) is 14.9. The molecule has 92 valence electrons. The van der Waals surface area contributed by atoms with Crippen LogP contribution in [0.25, 0.3) is 0 Å². The van der Waals surface area contributed by atoms with Gasteiger partial charge in [-0.3, -0.25) is 4.18 Å². The summed E-state index contributed by atoms with van der Waals surface area (Å²) in [4.78, 5) is 2.17. The first-order valence-corrected chi connectivity index (χ1v) is 7.12. The molecule has 5 heteroatoms. The van der Waals surface area contributed by atoms with E-state index in [0.717, 1.165) is 13.1 Å². The molecule has 0 N–H and O–H groups in total. The van der Waals surface area contributed by atoms with Crippen LogP contribution in [0, 0.1) is 5.92 Å². The zero-order valence-electron chi connectivity index (χ0n) is 10.2. The van der Waals surface area contributed by atoms with Crippen LogP contribution < -0.4 is 0 Å². The van der Waals surface area contributed by atoms with Gasteiger partial charge >= 0.3 is 0 Å². The molecule has 0 aromatic rings. The first-order chi connectivity index (χ1) is 7.03. The second kappa shape index (κ2) is 7.19. The average molecular weight is 237 g/mol. The van der Waals surface area contributed by atoms with Crippen molar-refractivity contribution in [3.05, 3.63) is 0 Å². The Kier molecular flexibility index (Phi) is 7.13. The zero-order chi connectivity index (χ0) is 11.9. The molecule has 0 spiro atoms. The minimum atomic E-state index is -3.27. The summed E-state index contributed by atoms with van der Waals surface area (Å²) in [6.45, 7) is 8.81. The molecule has 15 heavy (non-hydrogen) atoms. The largest absolute Gasteiger partial charge is 0.302 e. The Morgan fingerprint density at radius 1 is 1.40 bits per heavy atom. The van der Waals surface area contributed by atoms with E-state index in [2.05, 4.69) is 16.0 Å². The number of likely N-dealkylation sites (tertiary alicyclic amines) is 1. The molecule has 0 aromatic heterocycles. The van der Waals surface area contributed by atoms with Crippen LogP contribution in [-0.4, -0.2) is 45.8 Å². The van der Waals surface area contributed by atoms with E-state index < -0.39 is 10.1 Å². The maximum atomic E-state index is 11.0. The molecule has 1 aliphatic rings. The summed E-state index contributed by atoms with van der Waals surface area (Å²) >= 11 is 0. The summed E-state index contributed by atoms with van der Waals surface area (Å²) < 4.78 is 26.3. The van der Waals surface area contributed by atoms with Crippen LogP contribution >= 0.6 is 0 Å². The highest BCUT2D eigenvalue weighted by Gasteiger charge is 2.20. The van der Waals surface area contributed by atoms with Crippen LogP contribution in [0.1, 0.15) is 27.2 Å². The standard InChI is InChI=1S/C8H17NO3S.C2H6/c1-8-3-4-9(7-8)5-6-13(10,11)12-2;1-2/h8H,3-7H2,1-2H3;1-2H3. The summed E-state index contributed by atoms with van der Waals surface area (Å²) in [7, 11) is -2.06. The molecule has 1 saturated heterocycles. The summed E-state index contributed by atoms with van der Waals surface area (Å²) in [5.41, 5.74) is 0. The van der Waals surface area contributed by atoms with Gasteiger partial charge < -0.3 is 4.90 Å². The van der Waals surface area contributed by atoms with E-state index in [1.54, 1.807) is 0 Å². The van der Waals surface area contributed by atoms with Crippen molar-refractivity contribution in [3.8, 4) is 0 Å². The smallest absolute Gasteiger partial charge is 0.268 e. The molecule has 1 unspecified atom stereocenters. The SMILES string of the molecule is CC.COS(=O)(=O)CCN1CCC(C)C1. The Hall–Kier alpha value is -0.130. The summed E-state index contributed by atoms with van der Waals surface area (Å²) in [6, 6.07) is 0. The predicted molar refractivity (Wildman–Crippen MR) is 62.4 cm³/mol. The molecule has 1 aliphatic heterocycles. The van der Waals surface area contributed by atoms with E-state index in [1.807, 2.05) is 13.8 Å². The molecular weight excluding hydrogens is 214 g/mol. The summed E-state index contributed by atoms with van der Waals surface area (Å²) in [6.07, 6.45) is 1.17. The van der Waals surface area contributed by atoms with Crippen molar-refractivity contribution in [2.24, 2.45) is 5.92 Å². The van der Waals surface area contributed by atoms with Crippen molar-refractivity contribution in [1.82, 2.24) is 4.90 Å². The van der Waals surface area contributed by atoms with Crippen LogP contribution in [0.2, 0.25) is 0 Å². The number of nitrogens with zero attached hydrogens (tertiary/aromatic N) is 1. The molecule has 4 nitrogen and oxygen atoms in total. The van der Waals surface area contributed by atoms with Crippen LogP contribution in [0.15, 0.2) is 0 Å². The quantitative estimate of drug-likeness (QED) is 0.692. The number of hydrogen-bond acceptors (Lipinski definition) is 4. The molecular formula is C10H23NO3S. The number of rotatable bonds is 4. The van der Waals surface area contributed by atoms with E-state index in [4.69, 9.17) is 0 Å². The fourth-order valence-electron chi connectivity index (χ4n) is 1.55. The lowest BCUT2D eigenvalue weighted by Gasteiger charge is -2.13. The molecule has 0 aromatic carbocycles. The third-order valence-electron chi connectivity index (χ3n) is 2.42. The molecule has 0 bridgehead atoms. The molecule has 1 fully saturated rings. The van der Waals surface area contributed by atoms with Gasteiger partial charge in [0, 0.05) is 13.1 Å². The lowest BCUT2D eigenvalue weighted by Crippen LogP contribution is -2.27. The Bertz CT molecular complexity index is 251. The van der Waals surface area contributed by atoms with Gasteiger partial charge in [0.25, 0.3) is 10.1 Å². The van der Waals surface area contributed by atoms with Gasteiger partial charge in [0.15, 0.2) is 0 Å². The molecule has 0 radical (unpaired) electrons. The van der Waals surface area contributed by atoms with Crippen molar-refractivity contribution in [2.75, 3.05) is 32.5 Å². The minimum absolute atomic E-state index is 0.107. The Labute approximate surface area is 93.7 Å². The lowest BCUT2D eigenvalue weighted by molar-refractivity contribution is 0.336. The van der Waals surface area contributed by atoms with Gasteiger partial charge in [0.1, 0.15) is 0 Å². The van der Waals surface area contributed by atoms with Crippen LogP contribution in [-0.2, 0) is 14.3 Å². The first-order valence-electron chi connectivity index (χ1n) is 5.54. The highest BCUT2D eigenvalue weighted by Crippen LogP contribution is 2.14. The van der Waals surface area contributed by atoms with Crippen molar-refractivity contribution in [1.29, 1.82) is 0 Å². The topological polar surface area (TPSA) is 46.6 Å². The van der Waals surface area contributed by atoms with E-state index in [-0.39, 0.29) is 5.75 Å². The van der Waals surface area contributed by atoms with Crippen molar-refractivity contribution < 1.29 is 12.6 Å². The van der Waals surface area contributed by atoms with Crippen molar-refractivity contribution >= 4 is 10.1 Å². The molecule has 0 saturated carbocycles. The Morgan fingerprint density at radius 3 is 2.40 bits per heavy atom. The monoisotopic (exact) mass is 237 g/mol. The third-order valence-corrected chi connectivity index (χ3v) is 3.61. The summed E-state index contributed by atoms with van der Waals surface area (Å²) in [5, 5.41) is 0. The second-order valence-electron chi connectivity index (χ2n) is 3.62. The highest BCUT2D eigenvalue weighted by atomic mass is 32.2. The van der Waals surface area contributed by atoms with Gasteiger partial charge in [0.05, 0.1) is 12.9 Å². The van der Waals surface area contributed by atoms with Gasteiger partial charge in [0.2, 0.25) is 0 Å². The fraction of sp³-hybridized carbons (Fsp3) is 1.00. The third kappa shape index (κ3) is 6.12. The Morgan fingerprint density at radius 2 is 2.00 bits per heavy atom. The highest BCUT2D eigenvalue weighted by molar-refractivity contribution is 7.86. The number of hydrogen-bond donors (Lipinski definition) is 0. The molecule has 1 heterocycles. The zero-order valence-corrected chi connectivity index (χ0v) is 11.0. The second-order valence-corrected chi connectivity index (χ2v) is 5.48. The molecule has 0 amide bonds. The normalized spacial score (nSPS) is 22.3.